The van der Waals surface area contributed by atoms with E-state index in [4.69, 9.17) is 0 Å². The largest absolute Gasteiger partial charge is 0.335 e. The number of carbonyl (C=O) groups is 1. The van der Waals surface area contributed by atoms with E-state index >= 15 is 0 Å². The molecule has 0 saturated carbocycles. The molecule has 1 aromatic rings. The summed E-state index contributed by atoms with van der Waals surface area (Å²) in [6.45, 7) is 1.43. The number of nitrogens with zero attached hydrogens (tertiary/aromatic N) is 4. The second-order valence-corrected chi connectivity index (χ2v) is 6.75. The smallest absolute Gasteiger partial charge is 0.262 e. The van der Waals surface area contributed by atoms with E-state index in [-0.39, 0.29) is 31.0 Å². The molecule has 1 aromatic heterocycles. The number of hydrogen-bond acceptors (Lipinski definition) is 4. The number of pyridine rings is 1. The number of rotatable bonds is 4. The van der Waals surface area contributed by atoms with Crippen molar-refractivity contribution in [2.75, 3.05) is 40.3 Å². The molecule has 2 fully saturated rings. The van der Waals surface area contributed by atoms with Gasteiger partial charge in [0.25, 0.3) is 11.8 Å². The molecule has 0 unspecified atom stereocenters. The monoisotopic (exact) mass is 324 g/mol. The molecule has 1 amide bonds. The first-order valence-corrected chi connectivity index (χ1v) is 7.83. The summed E-state index contributed by atoms with van der Waals surface area (Å²) in [6.07, 6.45) is 3.06. The third-order valence-electron chi connectivity index (χ3n) is 4.52. The van der Waals surface area contributed by atoms with Gasteiger partial charge in [-0.15, -0.1) is 0 Å². The average Bonchev–Trinajstić information content (AvgIpc) is 2.72. The topological polar surface area (TPSA) is 39.7 Å². The first-order chi connectivity index (χ1) is 10.9. The molecule has 5 nitrogen and oxygen atoms in total. The van der Waals surface area contributed by atoms with Crippen molar-refractivity contribution in [3.8, 4) is 0 Å². The zero-order valence-corrected chi connectivity index (χ0v) is 13.5. The Bertz CT molecular complexity index is 560. The third-order valence-corrected chi connectivity index (χ3v) is 4.52. The molecule has 0 spiro atoms. The number of alkyl halides is 2. The van der Waals surface area contributed by atoms with Crippen molar-refractivity contribution in [2.45, 2.75) is 24.4 Å². The Kier molecular flexibility index (Phi) is 4.33. The lowest BCUT2D eigenvalue weighted by Crippen LogP contribution is -2.63. The Labute approximate surface area is 134 Å². The lowest BCUT2D eigenvalue weighted by Gasteiger charge is -2.46. The van der Waals surface area contributed by atoms with Gasteiger partial charge < -0.3 is 9.80 Å². The van der Waals surface area contributed by atoms with Crippen molar-refractivity contribution in [3.63, 3.8) is 0 Å². The normalized spacial score (nSPS) is 24.9. The highest BCUT2D eigenvalue weighted by atomic mass is 19.3. The second kappa shape index (κ2) is 6.13. The van der Waals surface area contributed by atoms with Gasteiger partial charge in [0, 0.05) is 50.5 Å². The summed E-state index contributed by atoms with van der Waals surface area (Å²) < 4.78 is 27.6. The first kappa shape index (κ1) is 16.3. The molecule has 0 bridgehead atoms. The fourth-order valence-electron chi connectivity index (χ4n) is 3.44. The molecule has 3 rings (SSSR count). The quantitative estimate of drug-likeness (QED) is 0.834. The minimum Gasteiger partial charge on any atom is -0.335 e. The van der Waals surface area contributed by atoms with E-state index in [1.165, 1.54) is 6.20 Å². The summed E-state index contributed by atoms with van der Waals surface area (Å²) in [5.41, 5.74) is 0.544. The van der Waals surface area contributed by atoms with Crippen LogP contribution in [-0.2, 0) is 0 Å². The van der Waals surface area contributed by atoms with Crippen molar-refractivity contribution < 1.29 is 13.6 Å². The summed E-state index contributed by atoms with van der Waals surface area (Å²) in [5.74, 6) is -2.71. The lowest BCUT2D eigenvalue weighted by molar-refractivity contribution is -0.0114. The molecular formula is C16H22F2N4O. The van der Waals surface area contributed by atoms with Gasteiger partial charge in [0.15, 0.2) is 0 Å². The van der Waals surface area contributed by atoms with E-state index in [0.717, 1.165) is 0 Å². The summed E-state index contributed by atoms with van der Waals surface area (Å²) >= 11 is 0. The van der Waals surface area contributed by atoms with Gasteiger partial charge in [0.05, 0.1) is 12.1 Å². The molecule has 2 aliphatic heterocycles. The Morgan fingerprint density at radius 3 is 2.78 bits per heavy atom. The highest BCUT2D eigenvalue weighted by molar-refractivity contribution is 5.94. The number of likely N-dealkylation sites (tertiary alicyclic amines) is 2. The highest BCUT2D eigenvalue weighted by Crippen LogP contribution is 2.35. The third kappa shape index (κ3) is 3.50. The Hall–Kier alpha value is -1.60. The van der Waals surface area contributed by atoms with Crippen LogP contribution in [0.5, 0.6) is 0 Å². The van der Waals surface area contributed by atoms with Crippen LogP contribution in [0.1, 0.15) is 16.8 Å². The van der Waals surface area contributed by atoms with E-state index < -0.39 is 5.92 Å². The average molecular weight is 324 g/mol. The number of carbonyl (C=O) groups excluding carboxylic acids is 1. The van der Waals surface area contributed by atoms with Crippen molar-refractivity contribution in [1.29, 1.82) is 0 Å². The van der Waals surface area contributed by atoms with Gasteiger partial charge in [0.2, 0.25) is 0 Å². The maximum absolute atomic E-state index is 13.8. The highest BCUT2D eigenvalue weighted by Gasteiger charge is 2.50. The van der Waals surface area contributed by atoms with Crippen LogP contribution in [0.2, 0.25) is 0 Å². The van der Waals surface area contributed by atoms with Gasteiger partial charge in [-0.2, -0.15) is 0 Å². The number of halogens is 2. The van der Waals surface area contributed by atoms with E-state index in [1.807, 2.05) is 23.9 Å². The van der Waals surface area contributed by atoms with Gasteiger partial charge in [0.1, 0.15) is 0 Å². The van der Waals surface area contributed by atoms with Gasteiger partial charge >= 0.3 is 0 Å². The maximum Gasteiger partial charge on any atom is 0.262 e. The van der Waals surface area contributed by atoms with Crippen molar-refractivity contribution >= 4 is 5.91 Å². The van der Waals surface area contributed by atoms with Crippen LogP contribution in [0.15, 0.2) is 24.5 Å². The molecule has 0 N–H and O–H groups in total. The van der Waals surface area contributed by atoms with E-state index in [2.05, 4.69) is 4.98 Å². The lowest BCUT2D eigenvalue weighted by atomic mass is 10.0. The fraction of sp³-hybridized carbons (Fsp3) is 0.625. The molecule has 0 aliphatic carbocycles. The first-order valence-electron chi connectivity index (χ1n) is 7.83. The van der Waals surface area contributed by atoms with E-state index in [1.54, 1.807) is 23.2 Å². The van der Waals surface area contributed by atoms with Gasteiger partial charge in [-0.05, 0) is 26.2 Å². The molecule has 0 radical (unpaired) electrons. The van der Waals surface area contributed by atoms with E-state index in [0.29, 0.717) is 25.2 Å². The summed E-state index contributed by atoms with van der Waals surface area (Å²) in [7, 11) is 3.79. The van der Waals surface area contributed by atoms with Crippen LogP contribution >= 0.6 is 0 Å². The zero-order valence-electron chi connectivity index (χ0n) is 13.5. The van der Waals surface area contributed by atoms with Crippen LogP contribution in [0.4, 0.5) is 8.78 Å². The number of likely N-dealkylation sites (N-methyl/N-ethyl adjacent to an activating group) is 1. The Balaban J connectivity index is 1.60. The Morgan fingerprint density at radius 2 is 2.17 bits per heavy atom. The van der Waals surface area contributed by atoms with Crippen molar-refractivity contribution in [2.24, 2.45) is 0 Å². The van der Waals surface area contributed by atoms with Crippen LogP contribution in [0.3, 0.4) is 0 Å². The predicted molar refractivity (Wildman–Crippen MR) is 82.5 cm³/mol. The zero-order chi connectivity index (χ0) is 16.6. The van der Waals surface area contributed by atoms with Crippen molar-refractivity contribution in [3.05, 3.63) is 30.1 Å². The predicted octanol–water partition coefficient (Wildman–Crippen LogP) is 1.18. The molecule has 23 heavy (non-hydrogen) atoms. The molecule has 0 aromatic carbocycles. The molecule has 3 heterocycles. The van der Waals surface area contributed by atoms with Crippen LogP contribution in [0.25, 0.3) is 0 Å². The number of hydrogen-bond donors (Lipinski definition) is 0. The molecule has 2 aliphatic rings. The molecule has 126 valence electrons. The minimum absolute atomic E-state index is 0.0222. The molecule has 7 heteroatoms. The van der Waals surface area contributed by atoms with Gasteiger partial charge in [-0.3, -0.25) is 14.7 Å². The molecule has 1 atom stereocenters. The SMILES string of the molecule is CN(C)C[C@@H]1CC(F)(F)CN1C1CN(C(=O)c2cccnc2)C1. The second-order valence-electron chi connectivity index (χ2n) is 6.75. The van der Waals surface area contributed by atoms with Crippen LogP contribution in [-0.4, -0.2) is 83.9 Å². The summed E-state index contributed by atoms with van der Waals surface area (Å²) in [5, 5.41) is 0. The summed E-state index contributed by atoms with van der Waals surface area (Å²) in [6, 6.07) is 3.31. The van der Waals surface area contributed by atoms with Crippen molar-refractivity contribution in [1.82, 2.24) is 19.7 Å². The molecular weight excluding hydrogens is 302 g/mol. The van der Waals surface area contributed by atoms with Gasteiger partial charge in [-0.25, -0.2) is 8.78 Å². The number of amides is 1. The minimum atomic E-state index is -2.63. The van der Waals surface area contributed by atoms with Crippen LogP contribution < -0.4 is 0 Å². The molecule has 2 saturated heterocycles. The standard InChI is InChI=1S/C16H22F2N4O/c1-20(2)8-13-6-16(17,18)11-22(13)14-9-21(10-14)15(23)12-4-3-5-19-7-12/h3-5,7,13-14H,6,8-11H2,1-2H3/t13-/m0/s1. The van der Waals surface area contributed by atoms with Crippen LogP contribution in [0, 0.1) is 0 Å². The number of aromatic nitrogens is 1. The maximum atomic E-state index is 13.8. The van der Waals surface area contributed by atoms with Gasteiger partial charge in [-0.1, -0.05) is 0 Å². The van der Waals surface area contributed by atoms with E-state index in [9.17, 15) is 13.6 Å². The summed E-state index contributed by atoms with van der Waals surface area (Å²) in [4.78, 5) is 21.8. The fourth-order valence-corrected chi connectivity index (χ4v) is 3.44. The Morgan fingerprint density at radius 1 is 1.43 bits per heavy atom.